The first kappa shape index (κ1) is 19.7. The predicted octanol–water partition coefficient (Wildman–Crippen LogP) is 1.67. The maximum atomic E-state index is 13.0. The van der Waals surface area contributed by atoms with Gasteiger partial charge in [-0.15, -0.1) is 0 Å². The van der Waals surface area contributed by atoms with Crippen LogP contribution in [0.3, 0.4) is 0 Å². The predicted molar refractivity (Wildman–Crippen MR) is 107 cm³/mol. The van der Waals surface area contributed by atoms with E-state index in [4.69, 9.17) is 9.47 Å². The van der Waals surface area contributed by atoms with E-state index in [0.717, 1.165) is 11.3 Å². The van der Waals surface area contributed by atoms with Crippen LogP contribution in [-0.2, 0) is 16.1 Å². The number of methoxy groups -OCH3 is 1. The molecule has 0 saturated carbocycles. The summed E-state index contributed by atoms with van der Waals surface area (Å²) in [5.41, 5.74) is 1.68. The summed E-state index contributed by atoms with van der Waals surface area (Å²) >= 11 is 0. The molecule has 2 amide bonds. The molecule has 28 heavy (non-hydrogen) atoms. The van der Waals surface area contributed by atoms with Gasteiger partial charge in [-0.1, -0.05) is 30.3 Å². The average molecular weight is 383 g/mol. The van der Waals surface area contributed by atoms with Crippen molar-refractivity contribution in [3.8, 4) is 11.5 Å². The molecule has 0 bridgehead atoms. The minimum atomic E-state index is -0.733. The Kier molecular flexibility index (Phi) is 6.16. The van der Waals surface area contributed by atoms with Gasteiger partial charge in [0.25, 0.3) is 5.91 Å². The number of nitrogens with one attached hydrogen (secondary N) is 1. The molecule has 3 rings (SSSR count). The highest BCUT2D eigenvalue weighted by Crippen LogP contribution is 2.33. The summed E-state index contributed by atoms with van der Waals surface area (Å²) in [4.78, 5) is 28.7. The Morgan fingerprint density at radius 3 is 2.68 bits per heavy atom. The van der Waals surface area contributed by atoms with E-state index in [1.54, 1.807) is 25.1 Å². The van der Waals surface area contributed by atoms with Crippen molar-refractivity contribution in [3.05, 3.63) is 54.1 Å². The molecule has 0 saturated heterocycles. The molecule has 1 atom stereocenters. The van der Waals surface area contributed by atoms with E-state index in [-0.39, 0.29) is 24.9 Å². The minimum Gasteiger partial charge on any atom is -0.496 e. The van der Waals surface area contributed by atoms with Crippen molar-refractivity contribution in [2.75, 3.05) is 39.2 Å². The summed E-state index contributed by atoms with van der Waals surface area (Å²) in [5.74, 6) is 0.970. The van der Waals surface area contributed by atoms with E-state index in [2.05, 4.69) is 5.32 Å². The Balaban J connectivity index is 1.74. The van der Waals surface area contributed by atoms with Gasteiger partial charge in [0.1, 0.15) is 11.5 Å². The molecule has 1 N–H and O–H groups in total. The van der Waals surface area contributed by atoms with Crippen LogP contribution in [0.5, 0.6) is 11.5 Å². The summed E-state index contributed by atoms with van der Waals surface area (Å²) in [7, 11) is 5.07. The minimum absolute atomic E-state index is 0.0953. The van der Waals surface area contributed by atoms with Gasteiger partial charge in [0.2, 0.25) is 5.91 Å². The van der Waals surface area contributed by atoms with Gasteiger partial charge in [0.05, 0.1) is 25.9 Å². The Labute approximate surface area is 164 Å². The first-order valence-electron chi connectivity index (χ1n) is 9.11. The number of carbonyl (C=O) groups is 2. The molecule has 1 heterocycles. The highest BCUT2D eigenvalue weighted by atomic mass is 16.5. The molecular formula is C21H25N3O4. The second-order valence-corrected chi connectivity index (χ2v) is 6.68. The van der Waals surface area contributed by atoms with E-state index in [0.29, 0.717) is 18.0 Å². The molecule has 0 spiro atoms. The number of hydrogen-bond acceptors (Lipinski definition) is 5. The lowest BCUT2D eigenvalue weighted by Crippen LogP contribution is -2.51. The van der Waals surface area contributed by atoms with E-state index in [9.17, 15) is 9.59 Å². The van der Waals surface area contributed by atoms with Crippen LogP contribution in [0, 0.1) is 0 Å². The second-order valence-electron chi connectivity index (χ2n) is 6.68. The fraction of sp³-hybridized carbons (Fsp3) is 0.333. The first-order chi connectivity index (χ1) is 13.5. The maximum absolute atomic E-state index is 13.0. The number of amides is 2. The van der Waals surface area contributed by atoms with Crippen LogP contribution in [-0.4, -0.2) is 57.1 Å². The third-order valence-corrected chi connectivity index (χ3v) is 4.65. The highest BCUT2D eigenvalue weighted by molar-refractivity contribution is 5.98. The van der Waals surface area contributed by atoms with Crippen molar-refractivity contribution in [2.45, 2.75) is 12.6 Å². The topological polar surface area (TPSA) is 71.1 Å². The number of hydrogen-bond donors (Lipinski definition) is 1. The number of rotatable bonds is 6. The molecule has 7 heteroatoms. The zero-order valence-electron chi connectivity index (χ0n) is 16.3. The zero-order chi connectivity index (χ0) is 20.1. The Hall–Kier alpha value is -3.06. The third-order valence-electron chi connectivity index (χ3n) is 4.65. The molecule has 2 aromatic rings. The number of fused-ring (bicyclic) bond motifs is 1. The molecule has 0 radical (unpaired) electrons. The van der Waals surface area contributed by atoms with Gasteiger partial charge in [0.15, 0.2) is 6.10 Å². The Morgan fingerprint density at radius 1 is 1.21 bits per heavy atom. The Morgan fingerprint density at radius 2 is 1.93 bits per heavy atom. The molecule has 7 nitrogen and oxygen atoms in total. The summed E-state index contributed by atoms with van der Waals surface area (Å²) in [5, 5.41) is 2.58. The number of para-hydroxylation sites is 3. The smallest absolute Gasteiger partial charge is 0.262 e. The van der Waals surface area contributed by atoms with Gasteiger partial charge in [-0.25, -0.2) is 0 Å². The standard InChI is InChI=1S/C21H25N3O4/c1-22-21(26)19-13-24(16-9-5-7-11-18(16)28-19)20(25)14-23(2)12-15-8-4-6-10-17(15)27-3/h4-11,19H,12-14H2,1-3H3,(H,22,26)/t19-/m1/s1. The van der Waals surface area contributed by atoms with Crippen molar-refractivity contribution in [2.24, 2.45) is 0 Å². The van der Waals surface area contributed by atoms with Crippen LogP contribution in [0.1, 0.15) is 5.56 Å². The summed E-state index contributed by atoms with van der Waals surface area (Å²) in [6, 6.07) is 15.0. The summed E-state index contributed by atoms with van der Waals surface area (Å²) in [6.45, 7) is 0.950. The average Bonchev–Trinajstić information content (AvgIpc) is 2.72. The van der Waals surface area contributed by atoms with E-state index < -0.39 is 6.10 Å². The number of anilines is 1. The van der Waals surface area contributed by atoms with Crippen molar-refractivity contribution >= 4 is 17.5 Å². The molecule has 0 aromatic heterocycles. The number of carbonyl (C=O) groups excluding carboxylic acids is 2. The number of likely N-dealkylation sites (N-methyl/N-ethyl adjacent to an activating group) is 2. The number of ether oxygens (including phenoxy) is 2. The fourth-order valence-corrected chi connectivity index (χ4v) is 3.26. The van der Waals surface area contributed by atoms with Crippen molar-refractivity contribution in [1.29, 1.82) is 0 Å². The normalized spacial score (nSPS) is 15.6. The van der Waals surface area contributed by atoms with Crippen molar-refractivity contribution in [3.63, 3.8) is 0 Å². The fourth-order valence-electron chi connectivity index (χ4n) is 3.26. The lowest BCUT2D eigenvalue weighted by molar-refractivity contribution is -0.128. The van der Waals surface area contributed by atoms with Crippen LogP contribution < -0.4 is 19.7 Å². The summed E-state index contributed by atoms with van der Waals surface area (Å²) in [6.07, 6.45) is -0.733. The maximum Gasteiger partial charge on any atom is 0.262 e. The van der Waals surface area contributed by atoms with Gasteiger partial charge < -0.3 is 19.7 Å². The molecular weight excluding hydrogens is 358 g/mol. The molecule has 0 fully saturated rings. The van der Waals surface area contributed by atoms with Crippen LogP contribution in [0.2, 0.25) is 0 Å². The number of nitrogens with zero attached hydrogens (tertiary/aromatic N) is 2. The molecule has 0 aliphatic carbocycles. The Bertz CT molecular complexity index is 855. The highest BCUT2D eigenvalue weighted by Gasteiger charge is 2.33. The van der Waals surface area contributed by atoms with Crippen LogP contribution >= 0.6 is 0 Å². The van der Waals surface area contributed by atoms with E-state index in [1.807, 2.05) is 54.4 Å². The van der Waals surface area contributed by atoms with Gasteiger partial charge in [-0.3, -0.25) is 14.5 Å². The quantitative estimate of drug-likeness (QED) is 0.822. The lowest BCUT2D eigenvalue weighted by Gasteiger charge is -2.34. The van der Waals surface area contributed by atoms with Crippen molar-refractivity contribution in [1.82, 2.24) is 10.2 Å². The largest absolute Gasteiger partial charge is 0.496 e. The molecule has 1 aliphatic rings. The molecule has 2 aromatic carbocycles. The zero-order valence-corrected chi connectivity index (χ0v) is 16.3. The van der Waals surface area contributed by atoms with Gasteiger partial charge >= 0.3 is 0 Å². The van der Waals surface area contributed by atoms with E-state index >= 15 is 0 Å². The first-order valence-corrected chi connectivity index (χ1v) is 9.11. The molecule has 0 unspecified atom stereocenters. The van der Waals surface area contributed by atoms with Gasteiger partial charge in [0, 0.05) is 19.2 Å². The molecule has 1 aliphatic heterocycles. The van der Waals surface area contributed by atoms with Crippen LogP contribution in [0.15, 0.2) is 48.5 Å². The number of benzene rings is 2. The molecule has 148 valence electrons. The second kappa shape index (κ2) is 8.75. The lowest BCUT2D eigenvalue weighted by atomic mass is 10.1. The summed E-state index contributed by atoms with van der Waals surface area (Å²) < 4.78 is 11.1. The van der Waals surface area contributed by atoms with Crippen LogP contribution in [0.25, 0.3) is 0 Å². The third kappa shape index (κ3) is 4.26. The van der Waals surface area contributed by atoms with Crippen LogP contribution in [0.4, 0.5) is 5.69 Å². The van der Waals surface area contributed by atoms with Gasteiger partial charge in [-0.2, -0.15) is 0 Å². The van der Waals surface area contributed by atoms with E-state index in [1.165, 1.54) is 0 Å². The monoisotopic (exact) mass is 383 g/mol. The SMILES string of the molecule is CNC(=O)[C@H]1CN(C(=O)CN(C)Cc2ccccc2OC)c2ccccc2O1. The van der Waals surface area contributed by atoms with Gasteiger partial charge in [-0.05, 0) is 25.2 Å². The van der Waals surface area contributed by atoms with Crippen molar-refractivity contribution < 1.29 is 19.1 Å².